The Hall–Kier alpha value is 0.0600. The number of rotatable bonds is 6. The summed E-state index contributed by atoms with van der Waals surface area (Å²) in [6, 6.07) is 0. The first kappa shape index (κ1) is 16.1. The summed E-state index contributed by atoms with van der Waals surface area (Å²) < 4.78 is 16.0. The summed E-state index contributed by atoms with van der Waals surface area (Å²) in [4.78, 5) is 4.26. The summed E-state index contributed by atoms with van der Waals surface area (Å²) in [7, 11) is 0. The topological polar surface area (TPSA) is 52.4 Å². The number of aliphatic imine (C=N–C) groups is 1. The van der Waals surface area contributed by atoms with Gasteiger partial charge in [0.2, 0.25) is 0 Å². The first-order valence-corrected chi connectivity index (χ1v) is 9.11. The van der Waals surface area contributed by atoms with Crippen LogP contribution in [0.15, 0.2) is 10.1 Å². The second-order valence-electron chi connectivity index (χ2n) is 4.01. The van der Waals surface area contributed by atoms with Gasteiger partial charge in [0.15, 0.2) is 5.04 Å². The van der Waals surface area contributed by atoms with Crippen LogP contribution >= 0.6 is 18.5 Å². The SMILES string of the molecule is CCOP(=S)(OCC)ON=C1SC(C)(C)N=C1C. The van der Waals surface area contributed by atoms with Crippen molar-refractivity contribution < 1.29 is 13.7 Å². The number of hydrogen-bond donors (Lipinski definition) is 0. The van der Waals surface area contributed by atoms with Gasteiger partial charge in [-0.3, -0.25) is 14.0 Å². The number of nitrogens with zero attached hydrogens (tertiary/aromatic N) is 2. The van der Waals surface area contributed by atoms with Crippen molar-refractivity contribution in [2.24, 2.45) is 10.1 Å². The van der Waals surface area contributed by atoms with Crippen molar-refractivity contribution in [1.82, 2.24) is 0 Å². The molecule has 0 aromatic rings. The Morgan fingerprint density at radius 1 is 1.33 bits per heavy atom. The van der Waals surface area contributed by atoms with Gasteiger partial charge in [0.1, 0.15) is 4.87 Å². The highest BCUT2D eigenvalue weighted by Gasteiger charge is 2.30. The predicted molar refractivity (Wildman–Crippen MR) is 80.8 cm³/mol. The summed E-state index contributed by atoms with van der Waals surface area (Å²) in [5.74, 6) is 0. The molecule has 0 radical (unpaired) electrons. The van der Waals surface area contributed by atoms with E-state index < -0.39 is 6.72 Å². The summed E-state index contributed by atoms with van der Waals surface area (Å²) >= 11 is 6.75. The first-order chi connectivity index (χ1) is 8.32. The van der Waals surface area contributed by atoms with Crippen LogP contribution in [0.5, 0.6) is 0 Å². The molecule has 1 heterocycles. The predicted octanol–water partition coefficient (Wildman–Crippen LogP) is 3.56. The molecule has 0 saturated heterocycles. The van der Waals surface area contributed by atoms with Crippen LogP contribution in [0.4, 0.5) is 0 Å². The molecular weight excluding hydrogens is 291 g/mol. The minimum Gasteiger partial charge on any atom is -0.313 e. The second kappa shape index (κ2) is 6.48. The van der Waals surface area contributed by atoms with Gasteiger partial charge in [0, 0.05) is 11.8 Å². The highest BCUT2D eigenvalue weighted by Crippen LogP contribution is 2.50. The van der Waals surface area contributed by atoms with Gasteiger partial charge < -0.3 is 4.62 Å². The zero-order valence-corrected chi connectivity index (χ0v) is 13.8. The molecule has 0 spiro atoms. The zero-order valence-electron chi connectivity index (χ0n) is 11.3. The molecule has 18 heavy (non-hydrogen) atoms. The third kappa shape index (κ3) is 4.63. The Morgan fingerprint density at radius 3 is 2.28 bits per heavy atom. The van der Waals surface area contributed by atoms with E-state index >= 15 is 0 Å². The molecule has 104 valence electrons. The van der Waals surface area contributed by atoms with Crippen LogP contribution in [0.25, 0.3) is 0 Å². The van der Waals surface area contributed by atoms with Crippen molar-refractivity contribution in [1.29, 1.82) is 0 Å². The average molecular weight is 310 g/mol. The van der Waals surface area contributed by atoms with E-state index in [9.17, 15) is 0 Å². The van der Waals surface area contributed by atoms with Crippen LogP contribution in [0.1, 0.15) is 34.6 Å². The Bertz CT molecular complexity index is 400. The second-order valence-corrected chi connectivity index (χ2v) is 8.51. The molecule has 0 unspecified atom stereocenters. The van der Waals surface area contributed by atoms with Gasteiger partial charge in [-0.1, -0.05) is 16.9 Å². The first-order valence-electron chi connectivity index (χ1n) is 5.73. The van der Waals surface area contributed by atoms with Crippen LogP contribution in [0.2, 0.25) is 0 Å². The highest BCUT2D eigenvalue weighted by atomic mass is 32.5. The van der Waals surface area contributed by atoms with E-state index in [2.05, 4.69) is 10.1 Å². The van der Waals surface area contributed by atoms with Gasteiger partial charge in [0.25, 0.3) is 0 Å². The molecule has 0 bridgehead atoms. The lowest BCUT2D eigenvalue weighted by Gasteiger charge is -2.17. The third-order valence-electron chi connectivity index (χ3n) is 1.89. The molecule has 0 fully saturated rings. The van der Waals surface area contributed by atoms with E-state index in [1.165, 1.54) is 11.8 Å². The number of hydrogen-bond acceptors (Lipinski definition) is 7. The summed E-state index contributed by atoms with van der Waals surface area (Å²) in [6.07, 6.45) is 0. The van der Waals surface area contributed by atoms with Crippen LogP contribution in [0.3, 0.4) is 0 Å². The molecule has 0 N–H and O–H groups in total. The molecule has 0 aromatic carbocycles. The zero-order chi connectivity index (χ0) is 13.8. The molecule has 5 nitrogen and oxygen atoms in total. The van der Waals surface area contributed by atoms with Crippen LogP contribution < -0.4 is 0 Å². The maximum Gasteiger partial charge on any atom is 0.402 e. The van der Waals surface area contributed by atoms with Crippen molar-refractivity contribution >= 4 is 41.0 Å². The Morgan fingerprint density at radius 2 is 1.89 bits per heavy atom. The van der Waals surface area contributed by atoms with Gasteiger partial charge in [-0.05, 0) is 34.6 Å². The maximum atomic E-state index is 5.34. The monoisotopic (exact) mass is 310 g/mol. The maximum absolute atomic E-state index is 5.34. The molecule has 8 heteroatoms. The van der Waals surface area contributed by atoms with E-state index in [-0.39, 0.29) is 4.87 Å². The molecule has 1 aliphatic rings. The molecule has 1 rings (SSSR count). The van der Waals surface area contributed by atoms with E-state index in [0.29, 0.717) is 13.2 Å². The average Bonchev–Trinajstić information content (AvgIpc) is 2.50. The lowest BCUT2D eigenvalue weighted by Crippen LogP contribution is -2.06. The fourth-order valence-corrected chi connectivity index (χ4v) is 4.05. The molecule has 0 amide bonds. The molecule has 1 aliphatic heterocycles. The summed E-state index contributed by atoms with van der Waals surface area (Å²) in [5.41, 5.74) is 0.847. The van der Waals surface area contributed by atoms with Crippen LogP contribution in [0, 0.1) is 0 Å². The van der Waals surface area contributed by atoms with E-state index in [1.54, 1.807) is 0 Å². The fourth-order valence-electron chi connectivity index (χ4n) is 1.36. The lowest BCUT2D eigenvalue weighted by molar-refractivity contribution is 0.172. The van der Waals surface area contributed by atoms with Gasteiger partial charge >= 0.3 is 6.72 Å². The van der Waals surface area contributed by atoms with E-state index in [0.717, 1.165) is 10.8 Å². The number of oxime groups is 1. The van der Waals surface area contributed by atoms with Gasteiger partial charge in [-0.25, -0.2) is 0 Å². The Kier molecular flexibility index (Phi) is 5.80. The standard InChI is InChI=1S/C10H19N2O3PS2/c1-6-13-16(17,14-7-2)15-12-9-8(3)11-10(4,5)18-9/h6-7H2,1-5H3. The van der Waals surface area contributed by atoms with E-state index in [4.69, 9.17) is 25.5 Å². The smallest absolute Gasteiger partial charge is 0.313 e. The van der Waals surface area contributed by atoms with Crippen molar-refractivity contribution in [3.8, 4) is 0 Å². The molecule has 0 aliphatic carbocycles. The quantitative estimate of drug-likeness (QED) is 0.554. The van der Waals surface area contributed by atoms with Gasteiger partial charge in [-0.2, -0.15) is 0 Å². The van der Waals surface area contributed by atoms with Gasteiger partial charge in [0.05, 0.1) is 18.9 Å². The Balaban J connectivity index is 2.74. The lowest BCUT2D eigenvalue weighted by atomic mass is 10.4. The minimum atomic E-state index is -2.76. The third-order valence-corrected chi connectivity index (χ3v) is 5.31. The Labute approximate surface area is 118 Å². The van der Waals surface area contributed by atoms with Crippen LogP contribution in [-0.4, -0.2) is 28.8 Å². The number of thioether (sulfide) groups is 1. The minimum absolute atomic E-state index is 0.202. The molecule has 0 atom stereocenters. The molecule has 0 aromatic heterocycles. The van der Waals surface area contributed by atoms with Crippen molar-refractivity contribution in [2.75, 3.05) is 13.2 Å². The molecular formula is C10H19N2O3PS2. The van der Waals surface area contributed by atoms with Crippen molar-refractivity contribution in [2.45, 2.75) is 39.5 Å². The fraction of sp³-hybridized carbons (Fsp3) is 0.800. The molecule has 0 saturated carbocycles. The largest absolute Gasteiger partial charge is 0.402 e. The van der Waals surface area contributed by atoms with Crippen molar-refractivity contribution in [3.63, 3.8) is 0 Å². The highest BCUT2D eigenvalue weighted by molar-refractivity contribution is 8.17. The van der Waals surface area contributed by atoms with E-state index in [1.807, 2.05) is 34.6 Å². The van der Waals surface area contributed by atoms with Gasteiger partial charge in [-0.15, -0.1) is 0 Å². The summed E-state index contributed by atoms with van der Waals surface area (Å²) in [5, 5.41) is 4.78. The summed E-state index contributed by atoms with van der Waals surface area (Å²) in [6.45, 7) is 7.74. The normalized spacial score (nSPS) is 21.2. The van der Waals surface area contributed by atoms with Crippen molar-refractivity contribution in [3.05, 3.63) is 0 Å². The van der Waals surface area contributed by atoms with Crippen LogP contribution in [-0.2, 0) is 25.5 Å².